The number of hydrogen-bond acceptors (Lipinski definition) is 7. The van der Waals surface area contributed by atoms with Crippen LogP contribution in [0.3, 0.4) is 0 Å². The van der Waals surface area contributed by atoms with Crippen LogP contribution in [0.25, 0.3) is 0 Å². The van der Waals surface area contributed by atoms with E-state index in [4.69, 9.17) is 22.3 Å². The Balaban J connectivity index is 5.05. The lowest BCUT2D eigenvalue weighted by molar-refractivity contribution is -0.143. The van der Waals surface area contributed by atoms with Crippen LogP contribution in [0, 0.1) is 0 Å². The summed E-state index contributed by atoms with van der Waals surface area (Å²) in [5.41, 5.74) is 15.7. The highest BCUT2D eigenvalue weighted by atomic mass is 32.2. The fourth-order valence-electron chi connectivity index (χ4n) is 1.88. The number of primary amides is 2. The number of rotatable bonds is 13. The molecule has 0 rings (SSSR count). The van der Waals surface area contributed by atoms with Gasteiger partial charge in [0.05, 0.1) is 12.5 Å². The lowest BCUT2D eigenvalue weighted by atomic mass is 10.1. The van der Waals surface area contributed by atoms with E-state index in [1.54, 1.807) is 0 Å². The van der Waals surface area contributed by atoms with E-state index < -0.39 is 54.1 Å². The van der Waals surface area contributed by atoms with Crippen molar-refractivity contribution >= 4 is 41.4 Å². The van der Waals surface area contributed by atoms with Crippen LogP contribution in [0.15, 0.2) is 0 Å². The molecule has 0 spiro atoms. The molecule has 0 saturated heterocycles. The van der Waals surface area contributed by atoms with Crippen molar-refractivity contribution in [2.75, 3.05) is 12.0 Å². The Hall–Kier alpha value is -2.34. The van der Waals surface area contributed by atoms with E-state index in [9.17, 15) is 24.0 Å². The maximum absolute atomic E-state index is 12.3. The van der Waals surface area contributed by atoms with E-state index in [0.29, 0.717) is 12.2 Å². The summed E-state index contributed by atoms with van der Waals surface area (Å²) in [5.74, 6) is -3.96. The van der Waals surface area contributed by atoms with Crippen molar-refractivity contribution in [1.29, 1.82) is 0 Å². The molecule has 0 aromatic carbocycles. The first-order valence-corrected chi connectivity index (χ1v) is 9.12. The van der Waals surface area contributed by atoms with Crippen molar-refractivity contribution in [3.8, 4) is 0 Å². The van der Waals surface area contributed by atoms with Crippen LogP contribution in [-0.2, 0) is 24.0 Å². The molecule has 0 aliphatic rings. The Kier molecular flexibility index (Phi) is 11.0. The number of amides is 4. The molecule has 148 valence electrons. The third-order valence-electron chi connectivity index (χ3n) is 3.30. The van der Waals surface area contributed by atoms with Crippen LogP contribution in [0.5, 0.6) is 0 Å². The second-order valence-corrected chi connectivity index (χ2v) is 6.51. The number of carboxylic acids is 1. The molecule has 3 atom stereocenters. The van der Waals surface area contributed by atoms with Gasteiger partial charge in [-0.1, -0.05) is 0 Å². The smallest absolute Gasteiger partial charge is 0.326 e. The summed E-state index contributed by atoms with van der Waals surface area (Å²) < 4.78 is 0. The summed E-state index contributed by atoms with van der Waals surface area (Å²) in [7, 11) is 0. The molecule has 0 aromatic rings. The van der Waals surface area contributed by atoms with Crippen LogP contribution in [-0.4, -0.2) is 64.8 Å². The van der Waals surface area contributed by atoms with E-state index >= 15 is 0 Å². The quantitative estimate of drug-likeness (QED) is 0.193. The normalized spacial score (nSPS) is 13.9. The third kappa shape index (κ3) is 9.84. The lowest BCUT2D eigenvalue weighted by Gasteiger charge is -2.22. The standard InChI is InChI=1S/C14H25N5O6S/c1-26-5-4-7(15)12(22)18-8(2-3-10(16)20)13(23)19-9(14(24)25)6-11(17)21/h7-9H,2-6,15H2,1H3,(H2,16,20)(H2,17,21)(H,18,22)(H,19,23)(H,24,25)/t7-,8-,9-/m0/s1. The largest absolute Gasteiger partial charge is 0.480 e. The minimum absolute atomic E-state index is 0.148. The van der Waals surface area contributed by atoms with Gasteiger partial charge < -0.3 is 32.9 Å². The molecule has 9 N–H and O–H groups in total. The molecular weight excluding hydrogens is 366 g/mol. The second-order valence-electron chi connectivity index (χ2n) is 5.52. The van der Waals surface area contributed by atoms with E-state index in [1.807, 2.05) is 6.26 Å². The average molecular weight is 391 g/mol. The molecule has 0 fully saturated rings. The molecule has 0 aliphatic heterocycles. The van der Waals surface area contributed by atoms with Crippen molar-refractivity contribution in [2.24, 2.45) is 17.2 Å². The summed E-state index contributed by atoms with van der Waals surface area (Å²) in [6, 6.07) is -3.66. The summed E-state index contributed by atoms with van der Waals surface area (Å²) >= 11 is 1.49. The summed E-state index contributed by atoms with van der Waals surface area (Å²) in [4.78, 5) is 57.3. The monoisotopic (exact) mass is 391 g/mol. The van der Waals surface area contributed by atoms with E-state index in [1.165, 1.54) is 11.8 Å². The van der Waals surface area contributed by atoms with Gasteiger partial charge in [0, 0.05) is 6.42 Å². The molecular formula is C14H25N5O6S. The fraction of sp³-hybridized carbons (Fsp3) is 0.643. The van der Waals surface area contributed by atoms with Crippen molar-refractivity contribution in [1.82, 2.24) is 10.6 Å². The molecule has 0 heterocycles. The summed E-state index contributed by atoms with van der Waals surface area (Å²) in [6.45, 7) is 0. The molecule has 0 bridgehead atoms. The average Bonchev–Trinajstić information content (AvgIpc) is 2.54. The number of aliphatic carboxylic acids is 1. The van der Waals surface area contributed by atoms with Gasteiger partial charge in [-0.05, 0) is 24.9 Å². The first-order valence-electron chi connectivity index (χ1n) is 7.73. The van der Waals surface area contributed by atoms with Crippen molar-refractivity contribution in [3.63, 3.8) is 0 Å². The topological polar surface area (TPSA) is 208 Å². The van der Waals surface area contributed by atoms with Gasteiger partial charge in [-0.15, -0.1) is 0 Å². The van der Waals surface area contributed by atoms with Gasteiger partial charge in [0.15, 0.2) is 0 Å². The van der Waals surface area contributed by atoms with Crippen LogP contribution in [0.4, 0.5) is 0 Å². The van der Waals surface area contributed by atoms with Gasteiger partial charge in [-0.25, -0.2) is 4.79 Å². The van der Waals surface area contributed by atoms with Crippen LogP contribution < -0.4 is 27.8 Å². The first-order chi connectivity index (χ1) is 12.1. The highest BCUT2D eigenvalue weighted by Crippen LogP contribution is 2.03. The molecule has 26 heavy (non-hydrogen) atoms. The van der Waals surface area contributed by atoms with Crippen molar-refractivity contribution in [3.05, 3.63) is 0 Å². The molecule has 4 amide bonds. The summed E-state index contributed by atoms with van der Waals surface area (Å²) in [6.07, 6.45) is 1.23. The number of carbonyl (C=O) groups excluding carboxylic acids is 4. The minimum atomic E-state index is -1.56. The van der Waals surface area contributed by atoms with Gasteiger partial charge in [-0.3, -0.25) is 19.2 Å². The van der Waals surface area contributed by atoms with Gasteiger partial charge in [-0.2, -0.15) is 11.8 Å². The van der Waals surface area contributed by atoms with E-state index in [2.05, 4.69) is 10.6 Å². The Morgan fingerprint density at radius 1 is 0.962 bits per heavy atom. The van der Waals surface area contributed by atoms with Gasteiger partial charge >= 0.3 is 5.97 Å². The predicted molar refractivity (Wildman–Crippen MR) is 94.7 cm³/mol. The molecule has 0 saturated carbocycles. The maximum atomic E-state index is 12.3. The zero-order valence-electron chi connectivity index (χ0n) is 14.4. The zero-order valence-corrected chi connectivity index (χ0v) is 15.2. The number of thioether (sulfide) groups is 1. The zero-order chi connectivity index (χ0) is 20.3. The Bertz CT molecular complexity index is 544. The van der Waals surface area contributed by atoms with Gasteiger partial charge in [0.1, 0.15) is 12.1 Å². The molecule has 12 heteroatoms. The molecule has 11 nitrogen and oxygen atoms in total. The fourth-order valence-corrected chi connectivity index (χ4v) is 2.37. The van der Waals surface area contributed by atoms with Gasteiger partial charge in [0.2, 0.25) is 23.6 Å². The maximum Gasteiger partial charge on any atom is 0.326 e. The molecule has 0 unspecified atom stereocenters. The Morgan fingerprint density at radius 2 is 1.54 bits per heavy atom. The van der Waals surface area contributed by atoms with Gasteiger partial charge in [0.25, 0.3) is 0 Å². The van der Waals surface area contributed by atoms with Crippen molar-refractivity contribution in [2.45, 2.75) is 43.8 Å². The predicted octanol–water partition coefficient (Wildman–Crippen LogP) is -2.74. The Morgan fingerprint density at radius 3 is 2.00 bits per heavy atom. The lowest BCUT2D eigenvalue weighted by Crippen LogP contribution is -2.55. The number of carbonyl (C=O) groups is 5. The Labute approximate surface area is 154 Å². The SMILES string of the molecule is CSCC[C@H](N)C(=O)N[C@@H](CCC(N)=O)C(=O)N[C@@H](CC(N)=O)C(=O)O. The number of hydrogen-bond donors (Lipinski definition) is 6. The van der Waals surface area contributed by atoms with E-state index in [-0.39, 0.29) is 12.8 Å². The second kappa shape index (κ2) is 12.1. The van der Waals surface area contributed by atoms with E-state index in [0.717, 1.165) is 0 Å². The van der Waals surface area contributed by atoms with Crippen LogP contribution in [0.2, 0.25) is 0 Å². The molecule has 0 radical (unpaired) electrons. The minimum Gasteiger partial charge on any atom is -0.480 e. The highest BCUT2D eigenvalue weighted by Gasteiger charge is 2.28. The summed E-state index contributed by atoms with van der Waals surface area (Å²) in [5, 5.41) is 13.5. The first kappa shape index (κ1) is 23.7. The number of nitrogens with one attached hydrogen (secondary N) is 2. The third-order valence-corrected chi connectivity index (χ3v) is 3.95. The van der Waals surface area contributed by atoms with Crippen LogP contribution >= 0.6 is 11.8 Å². The number of nitrogens with two attached hydrogens (primary N) is 3. The highest BCUT2D eigenvalue weighted by molar-refractivity contribution is 7.98. The van der Waals surface area contributed by atoms with Crippen molar-refractivity contribution < 1.29 is 29.1 Å². The van der Waals surface area contributed by atoms with Crippen LogP contribution in [0.1, 0.15) is 25.7 Å². The molecule has 0 aliphatic carbocycles. The molecule has 0 aromatic heterocycles. The number of carboxylic acid groups (broad SMARTS) is 1.